The molecular formula is C26H30N4O3. The van der Waals surface area contributed by atoms with Crippen LogP contribution >= 0.6 is 0 Å². The fourth-order valence-corrected chi connectivity index (χ4v) is 5.01. The molecule has 4 aromatic rings. The number of para-hydroxylation sites is 1. The highest BCUT2D eigenvalue weighted by molar-refractivity contribution is 5.83. The van der Waals surface area contributed by atoms with E-state index in [9.17, 15) is 4.79 Å². The third-order valence-corrected chi connectivity index (χ3v) is 6.85. The summed E-state index contributed by atoms with van der Waals surface area (Å²) in [6, 6.07) is 12.0. The molecule has 172 valence electrons. The van der Waals surface area contributed by atoms with Crippen LogP contribution in [0.1, 0.15) is 30.7 Å². The molecule has 0 saturated carbocycles. The molecule has 1 N–H and O–H groups in total. The van der Waals surface area contributed by atoms with Crippen LogP contribution in [0.4, 0.5) is 0 Å². The summed E-state index contributed by atoms with van der Waals surface area (Å²) in [7, 11) is 3.15. The first-order chi connectivity index (χ1) is 16.2. The van der Waals surface area contributed by atoms with Crippen molar-refractivity contribution < 1.29 is 9.47 Å². The maximum atomic E-state index is 13.0. The molecule has 0 atom stereocenters. The standard InChI is InChI=1S/C26H30N4O3/c1-32-24-14-20-23(15-25(24)33-2)28-17-30(26(20)31)11-5-10-29-12-8-18(9-13-29)21-16-27-22-7-4-3-6-19(21)22/h3-4,6-7,14-18,27H,5,8-13H2,1-2H3. The van der Waals surface area contributed by atoms with Crippen molar-refractivity contribution in [2.75, 3.05) is 33.9 Å². The number of H-pyrrole nitrogens is 1. The van der Waals surface area contributed by atoms with Gasteiger partial charge in [-0.3, -0.25) is 9.36 Å². The van der Waals surface area contributed by atoms with Gasteiger partial charge in [0.25, 0.3) is 5.56 Å². The van der Waals surface area contributed by atoms with Gasteiger partial charge in [-0.25, -0.2) is 4.98 Å². The van der Waals surface area contributed by atoms with Gasteiger partial charge < -0.3 is 19.4 Å². The molecule has 1 saturated heterocycles. The summed E-state index contributed by atoms with van der Waals surface area (Å²) in [5.74, 6) is 1.72. The average molecular weight is 447 g/mol. The van der Waals surface area contributed by atoms with E-state index in [4.69, 9.17) is 9.47 Å². The quantitative estimate of drug-likeness (QED) is 0.461. The molecule has 1 fully saturated rings. The Kier molecular flexibility index (Phi) is 6.05. The summed E-state index contributed by atoms with van der Waals surface area (Å²) in [4.78, 5) is 23.4. The molecule has 1 aliphatic rings. The van der Waals surface area contributed by atoms with Crippen molar-refractivity contribution >= 4 is 21.8 Å². The fourth-order valence-electron chi connectivity index (χ4n) is 5.01. The molecule has 0 unspecified atom stereocenters. The highest BCUT2D eigenvalue weighted by Crippen LogP contribution is 2.33. The Morgan fingerprint density at radius 1 is 1.03 bits per heavy atom. The van der Waals surface area contributed by atoms with E-state index < -0.39 is 0 Å². The van der Waals surface area contributed by atoms with E-state index in [2.05, 4.69) is 45.3 Å². The molecular weight excluding hydrogens is 416 g/mol. The number of likely N-dealkylation sites (tertiary alicyclic amines) is 1. The van der Waals surface area contributed by atoms with Crippen LogP contribution in [0.3, 0.4) is 0 Å². The van der Waals surface area contributed by atoms with E-state index in [1.54, 1.807) is 37.2 Å². The molecule has 0 amide bonds. The zero-order chi connectivity index (χ0) is 22.8. The van der Waals surface area contributed by atoms with E-state index in [1.165, 1.54) is 29.3 Å². The summed E-state index contributed by atoms with van der Waals surface area (Å²) in [6.45, 7) is 3.81. The van der Waals surface area contributed by atoms with Crippen molar-refractivity contribution in [3.05, 3.63) is 64.8 Å². The molecule has 0 spiro atoms. The number of hydrogen-bond donors (Lipinski definition) is 1. The molecule has 33 heavy (non-hydrogen) atoms. The van der Waals surface area contributed by atoms with Gasteiger partial charge in [0.05, 0.1) is 31.4 Å². The fraction of sp³-hybridized carbons (Fsp3) is 0.385. The first-order valence-corrected chi connectivity index (χ1v) is 11.6. The van der Waals surface area contributed by atoms with E-state index in [0.29, 0.717) is 34.9 Å². The maximum Gasteiger partial charge on any atom is 0.261 e. The number of rotatable bonds is 7. The van der Waals surface area contributed by atoms with Gasteiger partial charge in [-0.2, -0.15) is 0 Å². The number of ether oxygens (including phenoxy) is 2. The third-order valence-electron chi connectivity index (χ3n) is 6.85. The lowest BCUT2D eigenvalue weighted by atomic mass is 9.89. The number of aromatic amines is 1. The van der Waals surface area contributed by atoms with Crippen molar-refractivity contribution in [3.8, 4) is 11.5 Å². The highest BCUT2D eigenvalue weighted by Gasteiger charge is 2.22. The lowest BCUT2D eigenvalue weighted by molar-refractivity contribution is 0.207. The normalized spacial score (nSPS) is 15.3. The zero-order valence-corrected chi connectivity index (χ0v) is 19.2. The van der Waals surface area contributed by atoms with E-state index in [-0.39, 0.29) is 5.56 Å². The van der Waals surface area contributed by atoms with Crippen LogP contribution in [-0.4, -0.2) is 53.3 Å². The number of nitrogens with zero attached hydrogens (tertiary/aromatic N) is 3. The Morgan fingerprint density at radius 3 is 2.58 bits per heavy atom. The molecule has 7 nitrogen and oxygen atoms in total. The highest BCUT2D eigenvalue weighted by atomic mass is 16.5. The second-order valence-corrected chi connectivity index (χ2v) is 8.73. The number of nitrogens with one attached hydrogen (secondary N) is 1. The van der Waals surface area contributed by atoms with Crippen LogP contribution in [0.2, 0.25) is 0 Å². The number of fused-ring (bicyclic) bond motifs is 2. The first kappa shape index (κ1) is 21.5. The predicted molar refractivity (Wildman–Crippen MR) is 130 cm³/mol. The number of piperidine rings is 1. The van der Waals surface area contributed by atoms with Gasteiger partial charge in [-0.1, -0.05) is 18.2 Å². The first-order valence-electron chi connectivity index (χ1n) is 11.6. The topological polar surface area (TPSA) is 72.4 Å². The molecule has 5 rings (SSSR count). The van der Waals surface area contributed by atoms with Gasteiger partial charge in [0.1, 0.15) is 0 Å². The summed E-state index contributed by atoms with van der Waals surface area (Å²) in [5.41, 5.74) is 3.25. The number of methoxy groups -OCH3 is 2. The number of benzene rings is 2. The largest absolute Gasteiger partial charge is 0.493 e. The van der Waals surface area contributed by atoms with Gasteiger partial charge in [-0.05, 0) is 62.5 Å². The molecule has 0 radical (unpaired) electrons. The Balaban J connectivity index is 1.19. The van der Waals surface area contributed by atoms with Crippen molar-refractivity contribution in [3.63, 3.8) is 0 Å². The van der Waals surface area contributed by atoms with E-state index in [0.717, 1.165) is 26.1 Å². The second kappa shape index (κ2) is 9.27. The summed E-state index contributed by atoms with van der Waals surface area (Å²) in [6.07, 6.45) is 7.08. The van der Waals surface area contributed by atoms with Crippen LogP contribution in [0, 0.1) is 0 Å². The molecule has 1 aliphatic heterocycles. The minimum Gasteiger partial charge on any atom is -0.493 e. The Hall–Kier alpha value is -3.32. The monoisotopic (exact) mass is 446 g/mol. The van der Waals surface area contributed by atoms with Gasteiger partial charge in [0, 0.05) is 29.7 Å². The van der Waals surface area contributed by atoms with Crippen LogP contribution < -0.4 is 15.0 Å². The average Bonchev–Trinajstić information content (AvgIpc) is 3.29. The lowest BCUT2D eigenvalue weighted by Crippen LogP contribution is -2.34. The van der Waals surface area contributed by atoms with Crippen molar-refractivity contribution in [1.82, 2.24) is 19.4 Å². The van der Waals surface area contributed by atoms with Crippen LogP contribution in [0.5, 0.6) is 11.5 Å². The molecule has 7 heteroatoms. The SMILES string of the molecule is COc1cc2ncn(CCCN3CCC(c4c[nH]c5ccccc45)CC3)c(=O)c2cc1OC. The number of aryl methyl sites for hydroxylation is 1. The molecule has 0 aliphatic carbocycles. The van der Waals surface area contributed by atoms with Crippen LogP contribution in [0.15, 0.2) is 53.7 Å². The van der Waals surface area contributed by atoms with Gasteiger partial charge >= 0.3 is 0 Å². The van der Waals surface area contributed by atoms with Crippen molar-refractivity contribution in [2.45, 2.75) is 31.7 Å². The van der Waals surface area contributed by atoms with Crippen molar-refractivity contribution in [1.29, 1.82) is 0 Å². The summed E-state index contributed by atoms with van der Waals surface area (Å²) in [5, 5.41) is 1.91. The minimum absolute atomic E-state index is 0.0426. The predicted octanol–water partition coefficient (Wildman–Crippen LogP) is 4.16. The van der Waals surface area contributed by atoms with Gasteiger partial charge in [0.2, 0.25) is 0 Å². The third kappa shape index (κ3) is 4.20. The Labute approximate surface area is 193 Å². The molecule has 2 aromatic carbocycles. The Bertz CT molecular complexity index is 1320. The van der Waals surface area contributed by atoms with Crippen LogP contribution in [0.25, 0.3) is 21.8 Å². The molecule has 3 heterocycles. The van der Waals surface area contributed by atoms with Crippen LogP contribution in [-0.2, 0) is 6.54 Å². The lowest BCUT2D eigenvalue weighted by Gasteiger charge is -2.32. The van der Waals surface area contributed by atoms with E-state index >= 15 is 0 Å². The zero-order valence-electron chi connectivity index (χ0n) is 19.2. The molecule has 2 aromatic heterocycles. The van der Waals surface area contributed by atoms with Gasteiger partial charge in [-0.15, -0.1) is 0 Å². The summed E-state index contributed by atoms with van der Waals surface area (Å²) < 4.78 is 12.4. The Morgan fingerprint density at radius 2 is 1.79 bits per heavy atom. The smallest absolute Gasteiger partial charge is 0.261 e. The van der Waals surface area contributed by atoms with E-state index in [1.807, 2.05) is 0 Å². The maximum absolute atomic E-state index is 13.0. The second-order valence-electron chi connectivity index (χ2n) is 8.73. The van der Waals surface area contributed by atoms with Gasteiger partial charge in [0.15, 0.2) is 11.5 Å². The minimum atomic E-state index is -0.0426. The molecule has 0 bridgehead atoms. The number of aromatic nitrogens is 3. The number of hydrogen-bond acceptors (Lipinski definition) is 5. The van der Waals surface area contributed by atoms with Crippen molar-refractivity contribution in [2.24, 2.45) is 0 Å². The summed E-state index contributed by atoms with van der Waals surface area (Å²) >= 11 is 0.